The van der Waals surface area contributed by atoms with Crippen molar-refractivity contribution in [2.75, 3.05) is 20.3 Å². The van der Waals surface area contributed by atoms with Gasteiger partial charge in [0.25, 0.3) is 0 Å². The fourth-order valence-electron chi connectivity index (χ4n) is 1.78. The van der Waals surface area contributed by atoms with Crippen molar-refractivity contribution in [2.45, 2.75) is 19.9 Å². The van der Waals surface area contributed by atoms with Gasteiger partial charge < -0.3 is 9.47 Å². The molecule has 0 saturated carbocycles. The molecule has 4 heteroatoms. The van der Waals surface area contributed by atoms with Gasteiger partial charge in [-0.25, -0.2) is 4.68 Å². The standard InChI is InChI=1S/C10H16N2O2/c1-3-9-4-11-12-5-8(6-13-2)7-14-10(9)12/h4,8H,3,5-7H2,1-2H3. The van der Waals surface area contributed by atoms with E-state index in [0.717, 1.165) is 32.1 Å². The van der Waals surface area contributed by atoms with Crippen LogP contribution in [0.25, 0.3) is 0 Å². The van der Waals surface area contributed by atoms with E-state index in [9.17, 15) is 0 Å². The first-order chi connectivity index (χ1) is 6.85. The molecule has 1 aromatic heterocycles. The van der Waals surface area contributed by atoms with Crippen molar-refractivity contribution in [1.82, 2.24) is 9.78 Å². The average molecular weight is 196 g/mol. The molecule has 78 valence electrons. The van der Waals surface area contributed by atoms with E-state index in [4.69, 9.17) is 9.47 Å². The van der Waals surface area contributed by atoms with E-state index in [1.165, 1.54) is 5.56 Å². The summed E-state index contributed by atoms with van der Waals surface area (Å²) in [6.45, 7) is 4.50. The molecule has 1 aliphatic rings. The third-order valence-corrected chi connectivity index (χ3v) is 2.53. The fraction of sp³-hybridized carbons (Fsp3) is 0.700. The minimum absolute atomic E-state index is 0.428. The van der Waals surface area contributed by atoms with Crippen molar-refractivity contribution < 1.29 is 9.47 Å². The van der Waals surface area contributed by atoms with Crippen LogP contribution in [0.2, 0.25) is 0 Å². The molecule has 0 spiro atoms. The quantitative estimate of drug-likeness (QED) is 0.726. The molecule has 0 aliphatic carbocycles. The largest absolute Gasteiger partial charge is 0.477 e. The molecule has 1 aliphatic heterocycles. The first-order valence-corrected chi connectivity index (χ1v) is 5.01. The molecule has 0 N–H and O–H groups in total. The van der Waals surface area contributed by atoms with Crippen LogP contribution in [0.4, 0.5) is 0 Å². The second kappa shape index (κ2) is 4.00. The highest BCUT2D eigenvalue weighted by molar-refractivity contribution is 5.25. The Bertz CT molecular complexity index is 309. The Balaban J connectivity index is 2.12. The molecular formula is C10H16N2O2. The van der Waals surface area contributed by atoms with E-state index in [0.29, 0.717) is 5.92 Å². The summed E-state index contributed by atoms with van der Waals surface area (Å²) in [4.78, 5) is 0. The van der Waals surface area contributed by atoms with Crippen LogP contribution in [-0.4, -0.2) is 30.1 Å². The zero-order valence-corrected chi connectivity index (χ0v) is 8.69. The van der Waals surface area contributed by atoms with Gasteiger partial charge in [-0.05, 0) is 6.42 Å². The van der Waals surface area contributed by atoms with Crippen molar-refractivity contribution in [2.24, 2.45) is 5.92 Å². The summed E-state index contributed by atoms with van der Waals surface area (Å²) < 4.78 is 12.7. The summed E-state index contributed by atoms with van der Waals surface area (Å²) >= 11 is 0. The lowest BCUT2D eigenvalue weighted by atomic mass is 10.1. The molecule has 1 atom stereocenters. The molecule has 1 aromatic rings. The first-order valence-electron chi connectivity index (χ1n) is 5.01. The number of aromatic nitrogens is 2. The summed E-state index contributed by atoms with van der Waals surface area (Å²) in [5, 5.41) is 4.30. The van der Waals surface area contributed by atoms with E-state index in [1.54, 1.807) is 7.11 Å². The lowest BCUT2D eigenvalue weighted by molar-refractivity contribution is 0.0792. The minimum atomic E-state index is 0.428. The van der Waals surface area contributed by atoms with Crippen LogP contribution < -0.4 is 4.74 Å². The lowest BCUT2D eigenvalue weighted by Crippen LogP contribution is -2.29. The maximum atomic E-state index is 5.67. The zero-order chi connectivity index (χ0) is 9.97. The summed E-state index contributed by atoms with van der Waals surface area (Å²) in [6, 6.07) is 0. The maximum Gasteiger partial charge on any atom is 0.215 e. The van der Waals surface area contributed by atoms with E-state index in [-0.39, 0.29) is 0 Å². The third-order valence-electron chi connectivity index (χ3n) is 2.53. The van der Waals surface area contributed by atoms with E-state index in [2.05, 4.69) is 12.0 Å². The molecule has 0 bridgehead atoms. The first kappa shape index (κ1) is 9.52. The molecule has 2 heterocycles. The lowest BCUT2D eigenvalue weighted by Gasteiger charge is -2.23. The predicted molar refractivity (Wildman–Crippen MR) is 52.5 cm³/mol. The van der Waals surface area contributed by atoms with E-state index >= 15 is 0 Å². The molecule has 14 heavy (non-hydrogen) atoms. The number of hydrogen-bond donors (Lipinski definition) is 0. The topological polar surface area (TPSA) is 36.3 Å². The van der Waals surface area contributed by atoms with Crippen molar-refractivity contribution in [3.63, 3.8) is 0 Å². The summed E-state index contributed by atoms with van der Waals surface area (Å²) in [5.41, 5.74) is 1.20. The van der Waals surface area contributed by atoms with Crippen molar-refractivity contribution in [3.8, 4) is 5.88 Å². The van der Waals surface area contributed by atoms with Crippen LogP contribution in [0.15, 0.2) is 6.20 Å². The van der Waals surface area contributed by atoms with Gasteiger partial charge in [-0.1, -0.05) is 6.92 Å². The number of rotatable bonds is 3. The fourth-order valence-corrected chi connectivity index (χ4v) is 1.78. The molecule has 2 rings (SSSR count). The minimum Gasteiger partial charge on any atom is -0.477 e. The van der Waals surface area contributed by atoms with Crippen LogP contribution in [0.1, 0.15) is 12.5 Å². The molecule has 1 unspecified atom stereocenters. The SMILES string of the molecule is CCc1cnn2c1OCC(COC)C2. The normalized spacial score (nSPS) is 20.3. The van der Waals surface area contributed by atoms with E-state index in [1.807, 2.05) is 10.9 Å². The van der Waals surface area contributed by atoms with Gasteiger partial charge in [0.2, 0.25) is 5.88 Å². The van der Waals surface area contributed by atoms with Gasteiger partial charge in [0.15, 0.2) is 0 Å². The van der Waals surface area contributed by atoms with Gasteiger partial charge in [-0.3, -0.25) is 0 Å². The third kappa shape index (κ3) is 1.62. The van der Waals surface area contributed by atoms with E-state index < -0.39 is 0 Å². The van der Waals surface area contributed by atoms with Crippen LogP contribution in [0, 0.1) is 5.92 Å². The molecule has 0 fully saturated rings. The second-order valence-corrected chi connectivity index (χ2v) is 3.64. The summed E-state index contributed by atoms with van der Waals surface area (Å²) in [7, 11) is 1.72. The summed E-state index contributed by atoms with van der Waals surface area (Å²) in [6.07, 6.45) is 2.87. The molecule has 0 saturated heterocycles. The van der Waals surface area contributed by atoms with Crippen LogP contribution in [0.5, 0.6) is 5.88 Å². The smallest absolute Gasteiger partial charge is 0.215 e. The van der Waals surface area contributed by atoms with Crippen LogP contribution >= 0.6 is 0 Å². The highest BCUT2D eigenvalue weighted by Crippen LogP contribution is 2.24. The van der Waals surface area contributed by atoms with Gasteiger partial charge in [-0.2, -0.15) is 5.10 Å². The van der Waals surface area contributed by atoms with Gasteiger partial charge in [0.1, 0.15) is 0 Å². The number of hydrogen-bond acceptors (Lipinski definition) is 3. The number of nitrogens with zero attached hydrogens (tertiary/aromatic N) is 2. The number of fused-ring (bicyclic) bond motifs is 1. The Hall–Kier alpha value is -1.03. The Labute approximate surface area is 83.8 Å². The monoisotopic (exact) mass is 196 g/mol. The molecular weight excluding hydrogens is 180 g/mol. The van der Waals surface area contributed by atoms with Gasteiger partial charge >= 0.3 is 0 Å². The Kier molecular flexibility index (Phi) is 2.72. The highest BCUT2D eigenvalue weighted by atomic mass is 16.5. The summed E-state index contributed by atoms with van der Waals surface area (Å²) in [5.74, 6) is 1.37. The van der Waals surface area contributed by atoms with Gasteiger partial charge in [-0.15, -0.1) is 0 Å². The van der Waals surface area contributed by atoms with Crippen molar-refractivity contribution >= 4 is 0 Å². The predicted octanol–water partition coefficient (Wildman–Crippen LogP) is 1.10. The Morgan fingerprint density at radius 1 is 1.71 bits per heavy atom. The van der Waals surface area contributed by atoms with Gasteiger partial charge in [0.05, 0.1) is 26.0 Å². The van der Waals surface area contributed by atoms with Gasteiger partial charge in [0, 0.05) is 18.6 Å². The Morgan fingerprint density at radius 2 is 2.57 bits per heavy atom. The molecule has 0 amide bonds. The average Bonchev–Trinajstić information content (AvgIpc) is 2.60. The number of ether oxygens (including phenoxy) is 2. The highest BCUT2D eigenvalue weighted by Gasteiger charge is 2.22. The maximum absolute atomic E-state index is 5.67. The number of methoxy groups -OCH3 is 1. The molecule has 0 radical (unpaired) electrons. The van der Waals surface area contributed by atoms with Crippen LogP contribution in [-0.2, 0) is 17.7 Å². The molecule has 0 aromatic carbocycles. The zero-order valence-electron chi connectivity index (χ0n) is 8.69. The van der Waals surface area contributed by atoms with Crippen molar-refractivity contribution in [1.29, 1.82) is 0 Å². The van der Waals surface area contributed by atoms with Crippen LogP contribution in [0.3, 0.4) is 0 Å². The number of aryl methyl sites for hydroxylation is 1. The second-order valence-electron chi connectivity index (χ2n) is 3.64. The Morgan fingerprint density at radius 3 is 3.29 bits per heavy atom. The molecule has 4 nitrogen and oxygen atoms in total. The van der Waals surface area contributed by atoms with Crippen molar-refractivity contribution in [3.05, 3.63) is 11.8 Å².